The number of hydrogen-bond acceptors (Lipinski definition) is 7. The highest BCUT2D eigenvalue weighted by Gasteiger charge is 2.20. The molecule has 1 aromatic heterocycles. The lowest BCUT2D eigenvalue weighted by Gasteiger charge is -2.08. The average molecular weight is 296 g/mol. The first kappa shape index (κ1) is 13.8. The Labute approximate surface area is 118 Å². The molecule has 0 amide bonds. The summed E-state index contributed by atoms with van der Waals surface area (Å²) in [6, 6.07) is 5.24. The van der Waals surface area contributed by atoms with E-state index in [-0.39, 0.29) is 10.6 Å². The van der Waals surface area contributed by atoms with Crippen LogP contribution in [-0.2, 0) is 0 Å². The number of benzene rings is 1. The second-order valence-corrected chi connectivity index (χ2v) is 5.77. The summed E-state index contributed by atoms with van der Waals surface area (Å²) in [6.07, 6.45) is 0.908. The second-order valence-electron chi connectivity index (χ2n) is 3.64. The van der Waals surface area contributed by atoms with Gasteiger partial charge >= 0.3 is 5.69 Å². The van der Waals surface area contributed by atoms with Crippen molar-refractivity contribution in [3.8, 4) is 0 Å². The maximum atomic E-state index is 11.3. The van der Waals surface area contributed by atoms with Gasteiger partial charge in [0.1, 0.15) is 11.2 Å². The molecule has 2 aromatic rings. The Kier molecular flexibility index (Phi) is 4.69. The first-order chi connectivity index (χ1) is 9.22. The van der Waals surface area contributed by atoms with Gasteiger partial charge in [0.25, 0.3) is 0 Å². The Hall–Kier alpha value is -1.67. The van der Waals surface area contributed by atoms with Crippen LogP contribution in [0.4, 0.5) is 11.4 Å². The summed E-state index contributed by atoms with van der Waals surface area (Å²) in [5.41, 5.74) is 2.24. The van der Waals surface area contributed by atoms with Gasteiger partial charge in [0.2, 0.25) is 0 Å². The number of nitrogens with one attached hydrogen (secondary N) is 1. The SMILES string of the molecule is CCCNc1cccc(Sc2nncs2)c1[N+](=O)[O-]. The van der Waals surface area contributed by atoms with E-state index in [1.165, 1.54) is 23.1 Å². The van der Waals surface area contributed by atoms with E-state index in [9.17, 15) is 10.1 Å². The predicted molar refractivity (Wildman–Crippen MR) is 75.9 cm³/mol. The van der Waals surface area contributed by atoms with Crippen LogP contribution in [0.2, 0.25) is 0 Å². The van der Waals surface area contributed by atoms with E-state index < -0.39 is 0 Å². The molecular weight excluding hydrogens is 284 g/mol. The van der Waals surface area contributed by atoms with E-state index >= 15 is 0 Å². The highest BCUT2D eigenvalue weighted by atomic mass is 32.2. The lowest BCUT2D eigenvalue weighted by molar-refractivity contribution is -0.386. The summed E-state index contributed by atoms with van der Waals surface area (Å²) < 4.78 is 0.691. The Bertz CT molecular complexity index is 560. The zero-order valence-electron chi connectivity index (χ0n) is 10.2. The van der Waals surface area contributed by atoms with Gasteiger partial charge in [-0.3, -0.25) is 10.1 Å². The fraction of sp³-hybridized carbons (Fsp3) is 0.273. The van der Waals surface area contributed by atoms with E-state index in [4.69, 9.17) is 0 Å². The van der Waals surface area contributed by atoms with Crippen LogP contribution in [0.1, 0.15) is 13.3 Å². The lowest BCUT2D eigenvalue weighted by atomic mass is 10.2. The Morgan fingerprint density at radius 3 is 3.00 bits per heavy atom. The first-order valence-corrected chi connectivity index (χ1v) is 7.37. The van der Waals surface area contributed by atoms with Gasteiger partial charge in [-0.2, -0.15) is 0 Å². The van der Waals surface area contributed by atoms with Crippen LogP contribution in [-0.4, -0.2) is 21.7 Å². The largest absolute Gasteiger partial charge is 0.379 e. The second kappa shape index (κ2) is 6.48. The van der Waals surface area contributed by atoms with Gasteiger partial charge in [0.05, 0.1) is 9.82 Å². The molecule has 0 aliphatic carbocycles. The number of para-hydroxylation sites is 1. The van der Waals surface area contributed by atoms with E-state index in [0.717, 1.165) is 6.42 Å². The van der Waals surface area contributed by atoms with Gasteiger partial charge < -0.3 is 5.32 Å². The minimum Gasteiger partial charge on any atom is -0.379 e. The van der Waals surface area contributed by atoms with Crippen molar-refractivity contribution in [2.45, 2.75) is 22.6 Å². The van der Waals surface area contributed by atoms with Crippen molar-refractivity contribution in [1.29, 1.82) is 0 Å². The van der Waals surface area contributed by atoms with Crippen molar-refractivity contribution in [1.82, 2.24) is 10.2 Å². The minimum atomic E-state index is -0.360. The topological polar surface area (TPSA) is 81.0 Å². The van der Waals surface area contributed by atoms with Crippen LogP contribution in [0.5, 0.6) is 0 Å². The predicted octanol–water partition coefficient (Wildman–Crippen LogP) is 3.42. The molecule has 0 saturated carbocycles. The van der Waals surface area contributed by atoms with Gasteiger partial charge in [-0.1, -0.05) is 24.3 Å². The maximum absolute atomic E-state index is 11.3. The van der Waals surface area contributed by atoms with Crippen molar-refractivity contribution in [3.05, 3.63) is 33.8 Å². The summed E-state index contributed by atoms with van der Waals surface area (Å²) >= 11 is 2.62. The van der Waals surface area contributed by atoms with Crippen LogP contribution in [0, 0.1) is 10.1 Å². The maximum Gasteiger partial charge on any atom is 0.306 e. The van der Waals surface area contributed by atoms with E-state index in [2.05, 4.69) is 15.5 Å². The lowest BCUT2D eigenvalue weighted by Crippen LogP contribution is -2.03. The number of nitro groups is 1. The summed E-state index contributed by atoms with van der Waals surface area (Å²) in [6.45, 7) is 2.71. The summed E-state index contributed by atoms with van der Waals surface area (Å²) in [5, 5.41) is 21.9. The molecule has 0 spiro atoms. The normalized spacial score (nSPS) is 10.4. The summed E-state index contributed by atoms with van der Waals surface area (Å²) in [4.78, 5) is 11.5. The zero-order valence-corrected chi connectivity index (χ0v) is 11.8. The van der Waals surface area contributed by atoms with Crippen molar-refractivity contribution in [2.24, 2.45) is 0 Å². The summed E-state index contributed by atoms with van der Waals surface area (Å²) in [5.74, 6) is 0. The Morgan fingerprint density at radius 1 is 1.53 bits per heavy atom. The minimum absolute atomic E-state index is 0.0937. The molecule has 1 N–H and O–H groups in total. The van der Waals surface area contributed by atoms with Crippen molar-refractivity contribution in [3.63, 3.8) is 0 Å². The molecule has 0 unspecified atom stereocenters. The third-order valence-electron chi connectivity index (χ3n) is 2.28. The fourth-order valence-corrected chi connectivity index (χ4v) is 3.07. The Morgan fingerprint density at radius 2 is 2.37 bits per heavy atom. The Balaban J connectivity index is 2.33. The third-order valence-corrected chi connectivity index (χ3v) is 4.11. The third kappa shape index (κ3) is 3.42. The quantitative estimate of drug-likeness (QED) is 0.650. The van der Waals surface area contributed by atoms with Gasteiger partial charge in [0.15, 0.2) is 4.34 Å². The number of rotatable bonds is 6. The molecule has 0 aliphatic rings. The molecule has 0 atom stereocenters. The average Bonchev–Trinajstić information content (AvgIpc) is 2.89. The van der Waals surface area contributed by atoms with Gasteiger partial charge in [-0.05, 0) is 30.3 Å². The number of nitrogens with zero attached hydrogens (tertiary/aromatic N) is 3. The zero-order chi connectivity index (χ0) is 13.7. The molecule has 2 rings (SSSR count). The number of aromatic nitrogens is 2. The monoisotopic (exact) mass is 296 g/mol. The van der Waals surface area contributed by atoms with E-state index in [0.29, 0.717) is 21.5 Å². The number of nitro benzene ring substituents is 1. The smallest absolute Gasteiger partial charge is 0.306 e. The van der Waals surface area contributed by atoms with E-state index in [1.807, 2.05) is 6.92 Å². The van der Waals surface area contributed by atoms with Crippen LogP contribution in [0.15, 0.2) is 32.9 Å². The first-order valence-electron chi connectivity index (χ1n) is 5.67. The molecule has 0 bridgehead atoms. The molecule has 8 heteroatoms. The number of anilines is 1. The standard InChI is InChI=1S/C11H12N4O2S2/c1-2-6-12-8-4-3-5-9(10(8)15(16)17)19-11-14-13-7-18-11/h3-5,7,12H,2,6H2,1H3. The van der Waals surface area contributed by atoms with Crippen molar-refractivity contribution < 1.29 is 4.92 Å². The van der Waals surface area contributed by atoms with Crippen LogP contribution >= 0.6 is 23.1 Å². The van der Waals surface area contributed by atoms with Gasteiger partial charge in [-0.15, -0.1) is 10.2 Å². The van der Waals surface area contributed by atoms with Gasteiger partial charge in [0, 0.05) is 6.54 Å². The molecule has 0 saturated heterocycles. The van der Waals surface area contributed by atoms with Crippen LogP contribution in [0.3, 0.4) is 0 Å². The summed E-state index contributed by atoms with van der Waals surface area (Å²) in [7, 11) is 0. The molecule has 6 nitrogen and oxygen atoms in total. The molecule has 0 radical (unpaired) electrons. The van der Waals surface area contributed by atoms with Crippen LogP contribution in [0.25, 0.3) is 0 Å². The molecule has 0 fully saturated rings. The highest BCUT2D eigenvalue weighted by Crippen LogP contribution is 2.39. The molecule has 0 aliphatic heterocycles. The molecule has 1 heterocycles. The number of hydrogen-bond donors (Lipinski definition) is 1. The molecule has 100 valence electrons. The molecule has 19 heavy (non-hydrogen) atoms. The molecular formula is C11H12N4O2S2. The van der Waals surface area contributed by atoms with Crippen molar-refractivity contribution >= 4 is 34.5 Å². The van der Waals surface area contributed by atoms with Crippen LogP contribution < -0.4 is 5.32 Å². The highest BCUT2D eigenvalue weighted by molar-refractivity contribution is 8.01. The van der Waals surface area contributed by atoms with Crippen molar-refractivity contribution in [2.75, 3.05) is 11.9 Å². The van der Waals surface area contributed by atoms with E-state index in [1.54, 1.807) is 23.7 Å². The molecule has 1 aromatic carbocycles. The van der Waals surface area contributed by atoms with Gasteiger partial charge in [-0.25, -0.2) is 0 Å². The fourth-order valence-electron chi connectivity index (χ4n) is 1.50.